The zero-order valence-electron chi connectivity index (χ0n) is 21.7. The lowest BCUT2D eigenvalue weighted by Crippen LogP contribution is -2.45. The SMILES string of the molecule is C=C(c1cccc2ccccc12)N1CCN(CCc2ccc(OCCCN3CCCCC3)cc2)CC1. The fourth-order valence-electron chi connectivity index (χ4n) is 5.59. The molecule has 0 atom stereocenters. The molecule has 4 heteroatoms. The summed E-state index contributed by atoms with van der Waals surface area (Å²) in [6.45, 7) is 14.3. The van der Waals surface area contributed by atoms with E-state index in [1.165, 1.54) is 60.8 Å². The molecule has 2 aliphatic heterocycles. The van der Waals surface area contributed by atoms with Gasteiger partial charge in [0.1, 0.15) is 5.75 Å². The number of rotatable bonds is 10. The normalized spacial score (nSPS) is 17.4. The lowest BCUT2D eigenvalue weighted by Gasteiger charge is -2.37. The van der Waals surface area contributed by atoms with Crippen LogP contribution in [0.25, 0.3) is 16.5 Å². The Morgan fingerprint density at radius 3 is 2.25 bits per heavy atom. The van der Waals surface area contributed by atoms with Crippen molar-refractivity contribution in [2.24, 2.45) is 0 Å². The summed E-state index contributed by atoms with van der Waals surface area (Å²) in [7, 11) is 0. The van der Waals surface area contributed by atoms with Gasteiger partial charge in [0.05, 0.1) is 6.61 Å². The van der Waals surface area contributed by atoms with Crippen LogP contribution in [0.3, 0.4) is 0 Å². The second-order valence-electron chi connectivity index (χ2n) is 10.3. The smallest absolute Gasteiger partial charge is 0.119 e. The molecule has 0 bridgehead atoms. The van der Waals surface area contributed by atoms with Crippen LogP contribution < -0.4 is 4.74 Å². The van der Waals surface area contributed by atoms with Crippen molar-refractivity contribution in [3.05, 3.63) is 84.4 Å². The van der Waals surface area contributed by atoms with Crippen molar-refractivity contribution >= 4 is 16.5 Å². The second-order valence-corrected chi connectivity index (χ2v) is 10.3. The number of ether oxygens (including phenoxy) is 1. The maximum Gasteiger partial charge on any atom is 0.119 e. The van der Waals surface area contributed by atoms with Gasteiger partial charge in [0.25, 0.3) is 0 Å². The molecule has 0 spiro atoms. The minimum Gasteiger partial charge on any atom is -0.494 e. The highest BCUT2D eigenvalue weighted by Gasteiger charge is 2.19. The van der Waals surface area contributed by atoms with E-state index in [1.807, 2.05) is 0 Å². The number of hydrogen-bond acceptors (Lipinski definition) is 4. The van der Waals surface area contributed by atoms with Gasteiger partial charge in [0, 0.05) is 50.5 Å². The molecule has 0 aromatic heterocycles. The molecule has 36 heavy (non-hydrogen) atoms. The molecule has 4 nitrogen and oxygen atoms in total. The van der Waals surface area contributed by atoms with Crippen LogP contribution in [0.15, 0.2) is 73.3 Å². The van der Waals surface area contributed by atoms with E-state index in [0.717, 1.165) is 63.6 Å². The molecule has 0 unspecified atom stereocenters. The zero-order valence-corrected chi connectivity index (χ0v) is 21.7. The number of benzene rings is 3. The van der Waals surface area contributed by atoms with Gasteiger partial charge in [-0.3, -0.25) is 4.90 Å². The van der Waals surface area contributed by atoms with Crippen LogP contribution in [0.2, 0.25) is 0 Å². The van der Waals surface area contributed by atoms with Gasteiger partial charge in [-0.25, -0.2) is 0 Å². The van der Waals surface area contributed by atoms with Gasteiger partial charge in [-0.2, -0.15) is 0 Å². The molecular formula is C32H41N3O. The lowest BCUT2D eigenvalue weighted by atomic mass is 10.0. The largest absolute Gasteiger partial charge is 0.494 e. The molecule has 3 aromatic carbocycles. The fraction of sp³-hybridized carbons (Fsp3) is 0.438. The van der Waals surface area contributed by atoms with Crippen LogP contribution >= 0.6 is 0 Å². The standard InChI is InChI=1S/C32H41N3O/c1-27(31-12-7-10-29-9-3-4-11-32(29)31)35-24-22-34(23-25-35)21-17-28-13-15-30(16-14-28)36-26-8-20-33-18-5-2-6-19-33/h3-4,7,9-16H,1-2,5-6,8,17-26H2. The van der Waals surface area contributed by atoms with Gasteiger partial charge in [-0.05, 0) is 67.2 Å². The van der Waals surface area contributed by atoms with Crippen LogP contribution in [-0.4, -0.2) is 73.7 Å². The van der Waals surface area contributed by atoms with Crippen molar-refractivity contribution in [3.8, 4) is 5.75 Å². The van der Waals surface area contributed by atoms with E-state index in [-0.39, 0.29) is 0 Å². The highest BCUT2D eigenvalue weighted by Crippen LogP contribution is 2.27. The molecule has 5 rings (SSSR count). The second kappa shape index (κ2) is 12.4. The summed E-state index contributed by atoms with van der Waals surface area (Å²) in [5, 5.41) is 2.57. The van der Waals surface area contributed by atoms with Crippen molar-refractivity contribution in [2.75, 3.05) is 59.0 Å². The molecule has 2 fully saturated rings. The van der Waals surface area contributed by atoms with Crippen LogP contribution in [0.5, 0.6) is 5.75 Å². The minimum atomic E-state index is 0.810. The first kappa shape index (κ1) is 24.9. The Labute approximate surface area is 217 Å². The van der Waals surface area contributed by atoms with Crippen molar-refractivity contribution in [1.29, 1.82) is 0 Å². The molecule has 190 valence electrons. The maximum atomic E-state index is 5.99. The molecule has 0 aliphatic carbocycles. The van der Waals surface area contributed by atoms with E-state index in [0.29, 0.717) is 0 Å². The van der Waals surface area contributed by atoms with Crippen LogP contribution in [0.1, 0.15) is 36.8 Å². The summed E-state index contributed by atoms with van der Waals surface area (Å²) in [4.78, 5) is 7.61. The highest BCUT2D eigenvalue weighted by molar-refractivity contribution is 5.93. The highest BCUT2D eigenvalue weighted by atomic mass is 16.5. The van der Waals surface area contributed by atoms with Gasteiger partial charge >= 0.3 is 0 Å². The average molecular weight is 484 g/mol. The number of piperidine rings is 1. The monoisotopic (exact) mass is 483 g/mol. The van der Waals surface area contributed by atoms with Gasteiger partial charge in [-0.1, -0.05) is 67.6 Å². The molecule has 0 saturated carbocycles. The first-order chi connectivity index (χ1) is 17.8. The lowest BCUT2D eigenvalue weighted by molar-refractivity contribution is 0.177. The predicted octanol–water partition coefficient (Wildman–Crippen LogP) is 5.93. The summed E-state index contributed by atoms with van der Waals surface area (Å²) < 4.78 is 5.99. The first-order valence-electron chi connectivity index (χ1n) is 13.8. The quantitative estimate of drug-likeness (QED) is 0.333. The van der Waals surface area contributed by atoms with Crippen LogP contribution in [-0.2, 0) is 6.42 Å². The number of nitrogens with zero attached hydrogens (tertiary/aromatic N) is 3. The molecule has 0 amide bonds. The molecule has 3 aromatic rings. The third kappa shape index (κ3) is 6.48. The Bertz CT molecular complexity index is 1110. The van der Waals surface area contributed by atoms with Crippen molar-refractivity contribution in [1.82, 2.24) is 14.7 Å². The van der Waals surface area contributed by atoms with Crippen LogP contribution in [0, 0.1) is 0 Å². The van der Waals surface area contributed by atoms with E-state index < -0.39 is 0 Å². The van der Waals surface area contributed by atoms with E-state index in [4.69, 9.17) is 4.74 Å². The molecule has 0 radical (unpaired) electrons. The molecular weight excluding hydrogens is 442 g/mol. The van der Waals surface area contributed by atoms with E-state index in [9.17, 15) is 0 Å². The van der Waals surface area contributed by atoms with Gasteiger partial charge in [0.15, 0.2) is 0 Å². The van der Waals surface area contributed by atoms with Gasteiger partial charge < -0.3 is 14.5 Å². The minimum absolute atomic E-state index is 0.810. The third-order valence-corrected chi connectivity index (χ3v) is 7.83. The Morgan fingerprint density at radius 1 is 0.722 bits per heavy atom. The summed E-state index contributed by atoms with van der Waals surface area (Å²) in [6.07, 6.45) is 6.31. The molecule has 2 heterocycles. The van der Waals surface area contributed by atoms with Crippen LogP contribution in [0.4, 0.5) is 0 Å². The number of likely N-dealkylation sites (tertiary alicyclic amines) is 1. The van der Waals surface area contributed by atoms with Gasteiger partial charge in [-0.15, -0.1) is 0 Å². The third-order valence-electron chi connectivity index (χ3n) is 7.83. The topological polar surface area (TPSA) is 19.0 Å². The Balaban J connectivity index is 1.02. The number of hydrogen-bond donors (Lipinski definition) is 0. The number of piperazine rings is 1. The summed E-state index contributed by atoms with van der Waals surface area (Å²) in [5.74, 6) is 0.998. The zero-order chi connectivity index (χ0) is 24.6. The summed E-state index contributed by atoms with van der Waals surface area (Å²) in [5.41, 5.74) is 3.80. The van der Waals surface area contributed by atoms with E-state index in [1.54, 1.807) is 0 Å². The first-order valence-corrected chi connectivity index (χ1v) is 13.8. The van der Waals surface area contributed by atoms with E-state index in [2.05, 4.69) is 88.0 Å². The van der Waals surface area contributed by atoms with Crippen molar-refractivity contribution in [3.63, 3.8) is 0 Å². The fourth-order valence-corrected chi connectivity index (χ4v) is 5.59. The molecule has 0 N–H and O–H groups in total. The summed E-state index contributed by atoms with van der Waals surface area (Å²) >= 11 is 0. The van der Waals surface area contributed by atoms with Gasteiger partial charge in [0.2, 0.25) is 0 Å². The van der Waals surface area contributed by atoms with Crippen molar-refractivity contribution in [2.45, 2.75) is 32.1 Å². The van der Waals surface area contributed by atoms with Crippen molar-refractivity contribution < 1.29 is 4.74 Å². The average Bonchev–Trinajstić information content (AvgIpc) is 2.95. The molecule has 2 saturated heterocycles. The Hall–Kier alpha value is -2.82. The Kier molecular flexibility index (Phi) is 8.58. The summed E-state index contributed by atoms with van der Waals surface area (Å²) in [6, 6.07) is 23.9. The Morgan fingerprint density at radius 2 is 1.44 bits per heavy atom. The molecule has 2 aliphatic rings. The predicted molar refractivity (Wildman–Crippen MR) is 152 cm³/mol. The van der Waals surface area contributed by atoms with E-state index >= 15 is 0 Å². The maximum absolute atomic E-state index is 5.99. The number of fused-ring (bicyclic) bond motifs is 1.